The second-order valence-electron chi connectivity index (χ2n) is 4.55. The third-order valence-corrected chi connectivity index (χ3v) is 3.02. The van der Waals surface area contributed by atoms with Crippen molar-refractivity contribution >= 4 is 12.0 Å². The van der Waals surface area contributed by atoms with Crippen LogP contribution in [-0.4, -0.2) is 21.2 Å². The number of hydrogen-bond donors (Lipinski definition) is 2. The summed E-state index contributed by atoms with van der Waals surface area (Å²) in [5.74, 6) is 0.0750. The highest BCUT2D eigenvalue weighted by molar-refractivity contribution is 5.86. The van der Waals surface area contributed by atoms with Gasteiger partial charge in [0.1, 0.15) is 11.4 Å². The van der Waals surface area contributed by atoms with Crippen LogP contribution in [0.4, 0.5) is 10.7 Å². The molecule has 1 aromatic heterocycles. The van der Waals surface area contributed by atoms with Crippen LogP contribution in [0.15, 0.2) is 60.7 Å². The largest absolute Gasteiger partial charge is 0.351 e. The van der Waals surface area contributed by atoms with Crippen LogP contribution in [0.25, 0.3) is 22.5 Å². The number of nitrogens with two attached hydrogens (primary N) is 1. The number of rotatable bonds is 3. The molecule has 6 heteroatoms. The number of nitrogens with one attached hydrogen (secondary N) is 1. The van der Waals surface area contributed by atoms with Crippen molar-refractivity contribution in [1.82, 2.24) is 15.2 Å². The molecule has 3 rings (SSSR count). The van der Waals surface area contributed by atoms with Gasteiger partial charge in [-0.15, -0.1) is 10.2 Å². The minimum atomic E-state index is -0.728. The van der Waals surface area contributed by atoms with Gasteiger partial charge in [0, 0.05) is 11.1 Å². The molecule has 0 radical (unpaired) electrons. The van der Waals surface area contributed by atoms with Gasteiger partial charge in [0.2, 0.25) is 0 Å². The van der Waals surface area contributed by atoms with Crippen molar-refractivity contribution in [3.8, 4) is 22.5 Å². The first-order chi connectivity index (χ1) is 10.7. The molecular formula is C16H13N5O. The molecule has 1 heterocycles. The maximum absolute atomic E-state index is 11.0. The molecule has 0 bridgehead atoms. The predicted molar refractivity (Wildman–Crippen MR) is 83.9 cm³/mol. The summed E-state index contributed by atoms with van der Waals surface area (Å²) in [6.45, 7) is 0. The summed E-state index contributed by atoms with van der Waals surface area (Å²) < 4.78 is 0. The van der Waals surface area contributed by atoms with Crippen LogP contribution in [0.2, 0.25) is 0 Å². The van der Waals surface area contributed by atoms with E-state index in [9.17, 15) is 4.79 Å². The number of nitrogens with zero attached hydrogens (tertiary/aromatic N) is 3. The number of hydrogen-bond acceptors (Lipinski definition) is 4. The lowest BCUT2D eigenvalue weighted by molar-refractivity contribution is 0.259. The quantitative estimate of drug-likeness (QED) is 0.775. The van der Waals surface area contributed by atoms with Crippen molar-refractivity contribution in [2.45, 2.75) is 0 Å². The van der Waals surface area contributed by atoms with Crippen molar-refractivity contribution in [3.05, 3.63) is 60.7 Å². The van der Waals surface area contributed by atoms with Crippen LogP contribution in [0.1, 0.15) is 0 Å². The average molecular weight is 291 g/mol. The Morgan fingerprint density at radius 3 is 1.91 bits per heavy atom. The first-order valence-electron chi connectivity index (χ1n) is 6.66. The molecule has 0 spiro atoms. The molecule has 0 unspecified atom stereocenters. The molecular weight excluding hydrogens is 278 g/mol. The number of carbonyl (C=O) groups excluding carboxylic acids is 1. The Bertz CT molecular complexity index is 790. The highest BCUT2D eigenvalue weighted by Gasteiger charge is 2.13. The molecule has 0 fully saturated rings. The maximum Gasteiger partial charge on any atom is 0.319 e. The number of primary amides is 1. The maximum atomic E-state index is 11.0. The van der Waals surface area contributed by atoms with Gasteiger partial charge in [0.25, 0.3) is 5.95 Å². The summed E-state index contributed by atoms with van der Waals surface area (Å²) in [6, 6.07) is 18.5. The van der Waals surface area contributed by atoms with E-state index in [0.717, 1.165) is 11.1 Å². The van der Waals surface area contributed by atoms with Gasteiger partial charge in [-0.1, -0.05) is 60.7 Å². The third kappa shape index (κ3) is 2.90. The van der Waals surface area contributed by atoms with E-state index in [1.807, 2.05) is 60.7 Å². The fourth-order valence-electron chi connectivity index (χ4n) is 2.08. The van der Waals surface area contributed by atoms with Crippen LogP contribution in [0, 0.1) is 0 Å². The first-order valence-corrected chi connectivity index (χ1v) is 6.66. The molecule has 0 saturated carbocycles. The lowest BCUT2D eigenvalue weighted by atomic mass is 10.0. The van der Waals surface area contributed by atoms with E-state index in [4.69, 9.17) is 5.73 Å². The van der Waals surface area contributed by atoms with Crippen LogP contribution in [-0.2, 0) is 0 Å². The fourth-order valence-corrected chi connectivity index (χ4v) is 2.08. The summed E-state index contributed by atoms with van der Waals surface area (Å²) in [5.41, 5.74) is 8.15. The zero-order chi connectivity index (χ0) is 15.4. The molecule has 3 aromatic rings. The van der Waals surface area contributed by atoms with Crippen LogP contribution in [0.5, 0.6) is 0 Å². The monoisotopic (exact) mass is 291 g/mol. The normalized spacial score (nSPS) is 10.2. The number of benzene rings is 2. The predicted octanol–water partition coefficient (Wildman–Crippen LogP) is 2.70. The van der Waals surface area contributed by atoms with Crippen molar-refractivity contribution in [2.75, 3.05) is 5.32 Å². The Morgan fingerprint density at radius 2 is 1.36 bits per heavy atom. The standard InChI is InChI=1S/C16H13N5O/c17-15(22)19-16-18-13(11-7-3-1-4-8-11)14(20-21-16)12-9-5-2-6-10-12/h1-10H,(H3,17,18,19,21,22). The van der Waals surface area contributed by atoms with Gasteiger partial charge in [0.15, 0.2) is 0 Å². The molecule has 0 aliphatic heterocycles. The second kappa shape index (κ2) is 6.01. The summed E-state index contributed by atoms with van der Waals surface area (Å²) in [5, 5.41) is 10.5. The summed E-state index contributed by atoms with van der Waals surface area (Å²) in [7, 11) is 0. The SMILES string of the molecule is NC(=O)Nc1nnc(-c2ccccc2)c(-c2ccccc2)n1. The molecule has 0 atom stereocenters. The smallest absolute Gasteiger partial charge is 0.319 e. The molecule has 0 saturated heterocycles. The van der Waals surface area contributed by atoms with Gasteiger partial charge >= 0.3 is 6.03 Å². The third-order valence-electron chi connectivity index (χ3n) is 3.02. The summed E-state index contributed by atoms with van der Waals surface area (Å²) >= 11 is 0. The number of aromatic nitrogens is 3. The van der Waals surface area contributed by atoms with Gasteiger partial charge in [-0.2, -0.15) is 0 Å². The number of carbonyl (C=O) groups is 1. The zero-order valence-corrected chi connectivity index (χ0v) is 11.6. The Morgan fingerprint density at radius 1 is 0.818 bits per heavy atom. The summed E-state index contributed by atoms with van der Waals surface area (Å²) in [6.07, 6.45) is 0. The zero-order valence-electron chi connectivity index (χ0n) is 11.6. The second-order valence-corrected chi connectivity index (χ2v) is 4.55. The summed E-state index contributed by atoms with van der Waals surface area (Å²) in [4.78, 5) is 15.3. The van der Waals surface area contributed by atoms with Crippen molar-refractivity contribution in [3.63, 3.8) is 0 Å². The van der Waals surface area contributed by atoms with Gasteiger partial charge < -0.3 is 5.73 Å². The van der Waals surface area contributed by atoms with Crippen LogP contribution < -0.4 is 11.1 Å². The van der Waals surface area contributed by atoms with Crippen molar-refractivity contribution in [1.29, 1.82) is 0 Å². The lowest BCUT2D eigenvalue weighted by Gasteiger charge is -2.09. The van der Waals surface area contributed by atoms with Gasteiger partial charge in [-0.25, -0.2) is 9.78 Å². The van der Waals surface area contributed by atoms with E-state index < -0.39 is 6.03 Å². The Balaban J connectivity index is 2.15. The van der Waals surface area contributed by atoms with Crippen LogP contribution in [0.3, 0.4) is 0 Å². The average Bonchev–Trinajstić information content (AvgIpc) is 2.56. The molecule has 108 valence electrons. The molecule has 2 aromatic carbocycles. The lowest BCUT2D eigenvalue weighted by Crippen LogP contribution is -2.21. The Hall–Kier alpha value is -3.28. The van der Waals surface area contributed by atoms with Gasteiger partial charge in [0.05, 0.1) is 0 Å². The number of anilines is 1. The van der Waals surface area contributed by atoms with Gasteiger partial charge in [-0.3, -0.25) is 5.32 Å². The highest BCUT2D eigenvalue weighted by atomic mass is 16.2. The molecule has 2 amide bonds. The van der Waals surface area contributed by atoms with Crippen LogP contribution >= 0.6 is 0 Å². The molecule has 22 heavy (non-hydrogen) atoms. The molecule has 6 nitrogen and oxygen atoms in total. The topological polar surface area (TPSA) is 93.8 Å². The number of amides is 2. The van der Waals surface area contributed by atoms with E-state index in [0.29, 0.717) is 11.4 Å². The molecule has 3 N–H and O–H groups in total. The van der Waals surface area contributed by atoms with Crippen molar-refractivity contribution in [2.24, 2.45) is 5.73 Å². The first kappa shape index (κ1) is 13.7. The van der Waals surface area contributed by atoms with E-state index in [1.54, 1.807) is 0 Å². The highest BCUT2D eigenvalue weighted by Crippen LogP contribution is 2.28. The van der Waals surface area contributed by atoms with Crippen molar-refractivity contribution < 1.29 is 4.79 Å². The Kier molecular flexibility index (Phi) is 3.74. The fraction of sp³-hybridized carbons (Fsp3) is 0. The number of urea groups is 1. The molecule has 0 aliphatic rings. The van der Waals surface area contributed by atoms with E-state index in [2.05, 4.69) is 20.5 Å². The molecule has 0 aliphatic carbocycles. The van der Waals surface area contributed by atoms with E-state index >= 15 is 0 Å². The van der Waals surface area contributed by atoms with Gasteiger partial charge in [-0.05, 0) is 0 Å². The van der Waals surface area contributed by atoms with E-state index in [-0.39, 0.29) is 5.95 Å². The minimum absolute atomic E-state index is 0.0750. The van der Waals surface area contributed by atoms with E-state index in [1.165, 1.54) is 0 Å². The Labute approximate surface area is 127 Å². The minimum Gasteiger partial charge on any atom is -0.351 e.